The summed E-state index contributed by atoms with van der Waals surface area (Å²) < 4.78 is 42.2. The molecule has 0 fully saturated rings. The highest BCUT2D eigenvalue weighted by molar-refractivity contribution is 9.10. The van der Waals surface area contributed by atoms with Crippen molar-refractivity contribution in [1.29, 1.82) is 0 Å². The molecule has 0 N–H and O–H groups in total. The molecule has 0 saturated heterocycles. The molecule has 3 aromatic carbocycles. The molecule has 1 aromatic heterocycles. The minimum Gasteiger partial charge on any atom is -0.267 e. The topological polar surface area (TPSA) is 82.9 Å². The van der Waals surface area contributed by atoms with Crippen LogP contribution in [0, 0.1) is 5.82 Å². The van der Waals surface area contributed by atoms with E-state index in [9.17, 15) is 17.6 Å². The third-order valence-electron chi connectivity index (χ3n) is 5.35. The fourth-order valence-electron chi connectivity index (χ4n) is 3.44. The molecule has 0 spiro atoms. The van der Waals surface area contributed by atoms with E-state index in [0.29, 0.717) is 23.3 Å². The van der Waals surface area contributed by atoms with Gasteiger partial charge in [0, 0.05) is 23.1 Å². The maximum absolute atomic E-state index is 13.7. The van der Waals surface area contributed by atoms with Crippen LogP contribution in [0.3, 0.4) is 0 Å². The zero-order valence-corrected chi connectivity index (χ0v) is 22.6. The van der Waals surface area contributed by atoms with E-state index in [4.69, 9.17) is 0 Å². The minimum absolute atomic E-state index is 0.100. The normalized spacial score (nSPS) is 12.0. The summed E-state index contributed by atoms with van der Waals surface area (Å²) in [5.74, 6) is -0.909. The standard InChI is InChI=1S/C25H22BrFN4O3S2/c1-3-30(4-2)36(33,34)21-12-7-18(8-13-21)24(32)31(28-16-17-5-9-19(26)10-6-17)25-29-22-14-11-20(27)15-23(22)35-25/h5-16H,3-4H2,1-2H3/b28-16+. The van der Waals surface area contributed by atoms with Gasteiger partial charge in [0.25, 0.3) is 5.91 Å². The number of thiazole rings is 1. The number of anilines is 1. The molecule has 1 amide bonds. The van der Waals surface area contributed by atoms with Crippen molar-refractivity contribution >= 4 is 64.8 Å². The van der Waals surface area contributed by atoms with E-state index in [1.807, 2.05) is 24.3 Å². The van der Waals surface area contributed by atoms with E-state index in [2.05, 4.69) is 26.0 Å². The molecule has 0 radical (unpaired) electrons. The fourth-order valence-corrected chi connectivity index (χ4v) is 6.11. The van der Waals surface area contributed by atoms with E-state index in [1.165, 1.54) is 46.9 Å². The molecule has 0 unspecified atom stereocenters. The van der Waals surface area contributed by atoms with E-state index in [1.54, 1.807) is 19.9 Å². The van der Waals surface area contributed by atoms with Crippen molar-refractivity contribution in [2.24, 2.45) is 5.10 Å². The van der Waals surface area contributed by atoms with Crippen molar-refractivity contribution in [2.45, 2.75) is 18.7 Å². The number of sulfonamides is 1. The second kappa shape index (κ2) is 11.0. The summed E-state index contributed by atoms with van der Waals surface area (Å²) in [6, 6.07) is 17.3. The fraction of sp³-hybridized carbons (Fsp3) is 0.160. The van der Waals surface area contributed by atoms with Crippen LogP contribution in [0.2, 0.25) is 0 Å². The largest absolute Gasteiger partial charge is 0.280 e. The number of halogens is 2. The van der Waals surface area contributed by atoms with Crippen LogP contribution in [0.5, 0.6) is 0 Å². The molecule has 0 saturated carbocycles. The quantitative estimate of drug-likeness (QED) is 0.189. The molecule has 0 aliphatic carbocycles. The molecule has 36 heavy (non-hydrogen) atoms. The number of hydrogen-bond donors (Lipinski definition) is 0. The van der Waals surface area contributed by atoms with Crippen molar-refractivity contribution in [3.63, 3.8) is 0 Å². The van der Waals surface area contributed by atoms with Crippen LogP contribution in [-0.2, 0) is 10.0 Å². The summed E-state index contributed by atoms with van der Waals surface area (Å²) in [5, 5.41) is 5.78. The summed E-state index contributed by atoms with van der Waals surface area (Å²) >= 11 is 4.51. The Bertz CT molecular complexity index is 1520. The van der Waals surface area contributed by atoms with Gasteiger partial charge in [-0.15, -0.1) is 0 Å². The molecule has 4 aromatic rings. The summed E-state index contributed by atoms with van der Waals surface area (Å²) in [5.41, 5.74) is 1.52. The van der Waals surface area contributed by atoms with Crippen molar-refractivity contribution < 1.29 is 17.6 Å². The Hall–Kier alpha value is -2.99. The highest BCUT2D eigenvalue weighted by Gasteiger charge is 2.24. The predicted octanol–water partition coefficient (Wildman–Crippen LogP) is 5.91. The highest BCUT2D eigenvalue weighted by atomic mass is 79.9. The number of nitrogens with zero attached hydrogens (tertiary/aromatic N) is 4. The van der Waals surface area contributed by atoms with Crippen molar-refractivity contribution in [3.05, 3.63) is 88.1 Å². The number of carbonyl (C=O) groups is 1. The maximum Gasteiger partial charge on any atom is 0.280 e. The SMILES string of the molecule is CCN(CC)S(=O)(=O)c1ccc(C(=O)N(/N=C/c2ccc(Br)cc2)c2nc3ccc(F)cc3s2)cc1. The number of hydrazone groups is 1. The average molecular weight is 590 g/mol. The van der Waals surface area contributed by atoms with Gasteiger partial charge in [-0.2, -0.15) is 14.4 Å². The predicted molar refractivity (Wildman–Crippen MR) is 145 cm³/mol. The summed E-state index contributed by atoms with van der Waals surface area (Å²) in [6.07, 6.45) is 1.52. The number of rotatable bonds is 8. The Balaban J connectivity index is 1.71. The molecule has 0 atom stereocenters. The van der Waals surface area contributed by atoms with Crippen LogP contribution in [0.1, 0.15) is 29.8 Å². The Morgan fingerprint density at radius 2 is 1.72 bits per heavy atom. The van der Waals surface area contributed by atoms with Gasteiger partial charge in [-0.3, -0.25) is 4.79 Å². The number of hydrogen-bond acceptors (Lipinski definition) is 6. The zero-order valence-electron chi connectivity index (χ0n) is 19.4. The Kier molecular flexibility index (Phi) is 7.94. The second-order valence-corrected chi connectivity index (χ2v) is 11.5. The van der Waals surface area contributed by atoms with Gasteiger partial charge in [0.15, 0.2) is 0 Å². The molecule has 0 aliphatic rings. The van der Waals surface area contributed by atoms with Gasteiger partial charge in [0.05, 0.1) is 21.3 Å². The molecule has 1 heterocycles. The summed E-state index contributed by atoms with van der Waals surface area (Å²) in [7, 11) is -3.66. The first-order chi connectivity index (χ1) is 17.2. The van der Waals surface area contributed by atoms with Crippen LogP contribution in [0.4, 0.5) is 9.52 Å². The van der Waals surface area contributed by atoms with Crippen LogP contribution >= 0.6 is 27.3 Å². The number of aromatic nitrogens is 1. The first-order valence-electron chi connectivity index (χ1n) is 11.0. The third-order valence-corrected chi connectivity index (χ3v) is 8.94. The van der Waals surface area contributed by atoms with Gasteiger partial charge in [-0.25, -0.2) is 17.8 Å². The van der Waals surface area contributed by atoms with Gasteiger partial charge in [0.1, 0.15) is 5.82 Å². The van der Waals surface area contributed by atoms with Gasteiger partial charge in [-0.1, -0.05) is 53.2 Å². The lowest BCUT2D eigenvalue weighted by Gasteiger charge is -2.19. The lowest BCUT2D eigenvalue weighted by atomic mass is 10.2. The number of benzene rings is 3. The van der Waals surface area contributed by atoms with Gasteiger partial charge in [-0.05, 0) is 60.2 Å². The van der Waals surface area contributed by atoms with Crippen LogP contribution in [0.25, 0.3) is 10.2 Å². The van der Waals surface area contributed by atoms with Crippen molar-refractivity contribution in [2.75, 3.05) is 18.1 Å². The van der Waals surface area contributed by atoms with E-state index in [-0.39, 0.29) is 15.6 Å². The second-order valence-electron chi connectivity index (χ2n) is 7.64. The first-order valence-corrected chi connectivity index (χ1v) is 14.1. The third kappa shape index (κ3) is 5.54. The zero-order chi connectivity index (χ0) is 25.9. The van der Waals surface area contributed by atoms with Crippen LogP contribution < -0.4 is 5.01 Å². The molecular weight excluding hydrogens is 567 g/mol. The van der Waals surface area contributed by atoms with E-state index >= 15 is 0 Å². The van der Waals surface area contributed by atoms with Crippen LogP contribution in [-0.4, -0.2) is 42.9 Å². The average Bonchev–Trinajstić information content (AvgIpc) is 3.28. The van der Waals surface area contributed by atoms with Gasteiger partial charge >= 0.3 is 0 Å². The highest BCUT2D eigenvalue weighted by Crippen LogP contribution is 2.31. The number of fused-ring (bicyclic) bond motifs is 1. The molecule has 186 valence electrons. The van der Waals surface area contributed by atoms with Gasteiger partial charge in [0.2, 0.25) is 15.2 Å². The molecule has 0 aliphatic heterocycles. The summed E-state index contributed by atoms with van der Waals surface area (Å²) in [6.45, 7) is 4.22. The Morgan fingerprint density at radius 3 is 2.36 bits per heavy atom. The number of amides is 1. The minimum atomic E-state index is -3.66. The van der Waals surface area contributed by atoms with E-state index in [0.717, 1.165) is 26.4 Å². The molecular formula is C25H22BrFN4O3S2. The molecule has 7 nitrogen and oxygen atoms in total. The van der Waals surface area contributed by atoms with Crippen LogP contribution in [0.15, 0.2) is 81.2 Å². The lowest BCUT2D eigenvalue weighted by Crippen LogP contribution is -2.30. The monoisotopic (exact) mass is 588 g/mol. The molecule has 4 rings (SSSR count). The molecule has 0 bridgehead atoms. The molecule has 11 heteroatoms. The lowest BCUT2D eigenvalue weighted by molar-refractivity contribution is 0.0987. The van der Waals surface area contributed by atoms with Crippen molar-refractivity contribution in [1.82, 2.24) is 9.29 Å². The van der Waals surface area contributed by atoms with Gasteiger partial charge < -0.3 is 0 Å². The van der Waals surface area contributed by atoms with Crippen molar-refractivity contribution in [3.8, 4) is 0 Å². The summed E-state index contributed by atoms with van der Waals surface area (Å²) in [4.78, 5) is 18.1. The Morgan fingerprint density at radius 1 is 1.06 bits per heavy atom. The smallest absolute Gasteiger partial charge is 0.267 e. The number of carbonyl (C=O) groups excluding carboxylic acids is 1. The Labute approximate surface area is 221 Å². The first kappa shape index (κ1) is 26.1. The maximum atomic E-state index is 13.7. The van der Waals surface area contributed by atoms with E-state index < -0.39 is 21.7 Å².